The fourth-order valence-electron chi connectivity index (χ4n) is 1.73. The number of ether oxygens (including phenoxy) is 1. The van der Waals surface area contributed by atoms with Crippen LogP contribution in [-0.2, 0) is 29.5 Å². The Morgan fingerprint density at radius 2 is 2.17 bits per heavy atom. The molecule has 1 aromatic heterocycles. The maximum Gasteiger partial charge on any atom is 0.319 e. The predicted molar refractivity (Wildman–Crippen MR) is 70.6 cm³/mol. The molecule has 0 N–H and O–H groups in total. The molecule has 102 valence electrons. The molecule has 0 bridgehead atoms. The first-order valence-electron chi connectivity index (χ1n) is 6.02. The van der Waals surface area contributed by atoms with Gasteiger partial charge in [0.15, 0.2) is 0 Å². The van der Waals surface area contributed by atoms with Gasteiger partial charge in [-0.3, -0.25) is 14.4 Å². The minimum atomic E-state index is -0.245. The van der Waals surface area contributed by atoms with Gasteiger partial charge in [0.05, 0.1) is 30.1 Å². The van der Waals surface area contributed by atoms with E-state index in [0.717, 1.165) is 24.4 Å². The van der Waals surface area contributed by atoms with Crippen molar-refractivity contribution in [3.8, 4) is 0 Å². The average Bonchev–Trinajstić information content (AvgIpc) is 2.64. The highest BCUT2D eigenvalue weighted by atomic mass is 35.5. The van der Waals surface area contributed by atoms with Crippen LogP contribution in [0.25, 0.3) is 0 Å². The number of aromatic nitrogens is 2. The molecule has 0 spiro atoms. The molecule has 0 aliphatic carbocycles. The highest BCUT2D eigenvalue weighted by Crippen LogP contribution is 2.22. The van der Waals surface area contributed by atoms with E-state index in [1.807, 2.05) is 25.8 Å². The first kappa shape index (κ1) is 15.0. The third kappa shape index (κ3) is 3.46. The summed E-state index contributed by atoms with van der Waals surface area (Å²) in [5.41, 5.74) is 1.82. The zero-order chi connectivity index (χ0) is 13.7. The van der Waals surface area contributed by atoms with E-state index >= 15 is 0 Å². The summed E-state index contributed by atoms with van der Waals surface area (Å²) in [5.74, 6) is -0.245. The number of esters is 1. The van der Waals surface area contributed by atoms with Crippen LogP contribution in [0.2, 0.25) is 5.02 Å². The third-order valence-corrected chi connectivity index (χ3v) is 3.34. The van der Waals surface area contributed by atoms with Crippen LogP contribution in [0, 0.1) is 0 Å². The number of hydrogen-bond acceptors (Lipinski definition) is 4. The molecule has 0 atom stereocenters. The Hall–Kier alpha value is -1.07. The van der Waals surface area contributed by atoms with Crippen molar-refractivity contribution in [2.45, 2.75) is 26.8 Å². The lowest BCUT2D eigenvalue weighted by Gasteiger charge is -2.19. The molecule has 1 heterocycles. The molecule has 0 aliphatic rings. The fraction of sp³-hybridized carbons (Fsp3) is 0.667. The zero-order valence-electron chi connectivity index (χ0n) is 11.4. The van der Waals surface area contributed by atoms with Gasteiger partial charge in [-0.1, -0.05) is 25.4 Å². The Kier molecular flexibility index (Phi) is 5.62. The third-order valence-electron chi connectivity index (χ3n) is 2.90. The SMILES string of the molecule is CCc1nn(C)c(CN(CC)CC(=O)OC)c1Cl. The summed E-state index contributed by atoms with van der Waals surface area (Å²) in [6, 6.07) is 0. The minimum Gasteiger partial charge on any atom is -0.468 e. The molecule has 1 aromatic rings. The first-order chi connectivity index (χ1) is 8.53. The molecule has 0 radical (unpaired) electrons. The summed E-state index contributed by atoms with van der Waals surface area (Å²) in [4.78, 5) is 13.2. The lowest BCUT2D eigenvalue weighted by molar-refractivity contribution is -0.142. The monoisotopic (exact) mass is 273 g/mol. The second kappa shape index (κ2) is 6.75. The largest absolute Gasteiger partial charge is 0.468 e. The van der Waals surface area contributed by atoms with Crippen molar-refractivity contribution in [3.63, 3.8) is 0 Å². The van der Waals surface area contributed by atoms with Gasteiger partial charge in [-0.2, -0.15) is 5.10 Å². The van der Waals surface area contributed by atoms with E-state index in [4.69, 9.17) is 11.6 Å². The maximum atomic E-state index is 11.3. The number of nitrogens with zero attached hydrogens (tertiary/aromatic N) is 3. The summed E-state index contributed by atoms with van der Waals surface area (Å²) in [6.45, 7) is 5.61. The van der Waals surface area contributed by atoms with E-state index in [9.17, 15) is 4.79 Å². The second-order valence-corrected chi connectivity index (χ2v) is 4.44. The lowest BCUT2D eigenvalue weighted by atomic mass is 10.3. The van der Waals surface area contributed by atoms with Crippen molar-refractivity contribution < 1.29 is 9.53 Å². The van der Waals surface area contributed by atoms with E-state index in [1.165, 1.54) is 7.11 Å². The van der Waals surface area contributed by atoms with Gasteiger partial charge in [0.1, 0.15) is 0 Å². The van der Waals surface area contributed by atoms with Gasteiger partial charge < -0.3 is 4.74 Å². The topological polar surface area (TPSA) is 47.4 Å². The first-order valence-corrected chi connectivity index (χ1v) is 6.40. The number of likely N-dealkylation sites (N-methyl/N-ethyl adjacent to an activating group) is 1. The summed E-state index contributed by atoms with van der Waals surface area (Å²) in [6.07, 6.45) is 0.801. The quantitative estimate of drug-likeness (QED) is 0.739. The Morgan fingerprint density at radius 1 is 1.50 bits per heavy atom. The van der Waals surface area contributed by atoms with Crippen LogP contribution in [0.3, 0.4) is 0 Å². The van der Waals surface area contributed by atoms with Crippen LogP contribution < -0.4 is 0 Å². The summed E-state index contributed by atoms with van der Waals surface area (Å²) < 4.78 is 6.45. The molecule has 18 heavy (non-hydrogen) atoms. The average molecular weight is 274 g/mol. The van der Waals surface area contributed by atoms with Crippen LogP contribution in [0.15, 0.2) is 0 Å². The van der Waals surface area contributed by atoms with Crippen molar-refractivity contribution in [3.05, 3.63) is 16.4 Å². The van der Waals surface area contributed by atoms with Gasteiger partial charge in [-0.25, -0.2) is 0 Å². The molecular weight excluding hydrogens is 254 g/mol. The lowest BCUT2D eigenvalue weighted by Crippen LogP contribution is -2.30. The summed E-state index contributed by atoms with van der Waals surface area (Å²) in [5, 5.41) is 5.05. The molecular formula is C12H20ClN3O2. The molecule has 0 fully saturated rings. The molecule has 5 nitrogen and oxygen atoms in total. The summed E-state index contributed by atoms with van der Waals surface area (Å²) in [7, 11) is 3.26. The molecule has 6 heteroatoms. The summed E-state index contributed by atoms with van der Waals surface area (Å²) >= 11 is 6.28. The Balaban J connectivity index is 2.81. The van der Waals surface area contributed by atoms with Crippen LogP contribution in [0.1, 0.15) is 25.2 Å². The van der Waals surface area contributed by atoms with Crippen molar-refractivity contribution >= 4 is 17.6 Å². The van der Waals surface area contributed by atoms with Crippen molar-refractivity contribution in [2.24, 2.45) is 7.05 Å². The van der Waals surface area contributed by atoms with E-state index in [2.05, 4.69) is 9.84 Å². The normalized spacial score (nSPS) is 11.0. The van der Waals surface area contributed by atoms with Crippen molar-refractivity contribution in [1.29, 1.82) is 0 Å². The minimum absolute atomic E-state index is 0.245. The van der Waals surface area contributed by atoms with E-state index in [-0.39, 0.29) is 12.5 Å². The van der Waals surface area contributed by atoms with E-state index in [1.54, 1.807) is 4.68 Å². The number of aryl methyl sites for hydroxylation is 2. The number of carbonyl (C=O) groups is 1. The molecule has 0 amide bonds. The zero-order valence-corrected chi connectivity index (χ0v) is 12.1. The Bertz CT molecular complexity index is 418. The number of methoxy groups -OCH3 is 1. The molecule has 0 saturated heterocycles. The Labute approximate surface area is 113 Å². The number of halogens is 1. The van der Waals surface area contributed by atoms with Gasteiger partial charge in [0.25, 0.3) is 0 Å². The van der Waals surface area contributed by atoms with Crippen LogP contribution in [-0.4, -0.2) is 40.8 Å². The van der Waals surface area contributed by atoms with Crippen LogP contribution in [0.4, 0.5) is 0 Å². The molecule has 1 rings (SSSR count). The van der Waals surface area contributed by atoms with Crippen LogP contribution >= 0.6 is 11.6 Å². The smallest absolute Gasteiger partial charge is 0.319 e. The van der Waals surface area contributed by atoms with Gasteiger partial charge in [-0.15, -0.1) is 0 Å². The predicted octanol–water partition coefficient (Wildman–Crippen LogP) is 1.63. The molecule has 0 saturated carbocycles. The molecule has 0 aromatic carbocycles. The highest BCUT2D eigenvalue weighted by molar-refractivity contribution is 6.31. The maximum absolute atomic E-state index is 11.3. The molecule has 0 unspecified atom stereocenters. The number of rotatable bonds is 6. The second-order valence-electron chi connectivity index (χ2n) is 4.06. The van der Waals surface area contributed by atoms with Gasteiger partial charge in [0.2, 0.25) is 0 Å². The van der Waals surface area contributed by atoms with Gasteiger partial charge in [-0.05, 0) is 13.0 Å². The molecule has 0 aliphatic heterocycles. The standard InChI is InChI=1S/C12H20ClN3O2/c1-5-9-12(13)10(15(3)14-9)7-16(6-2)8-11(17)18-4/h5-8H2,1-4H3. The Morgan fingerprint density at radius 3 is 2.61 bits per heavy atom. The van der Waals surface area contributed by atoms with Crippen molar-refractivity contribution in [2.75, 3.05) is 20.2 Å². The van der Waals surface area contributed by atoms with Crippen LogP contribution in [0.5, 0.6) is 0 Å². The number of carbonyl (C=O) groups excluding carboxylic acids is 1. The highest BCUT2D eigenvalue weighted by Gasteiger charge is 2.17. The van der Waals surface area contributed by atoms with Crippen molar-refractivity contribution in [1.82, 2.24) is 14.7 Å². The van der Waals surface area contributed by atoms with E-state index in [0.29, 0.717) is 11.6 Å². The number of hydrogen-bond donors (Lipinski definition) is 0. The fourth-order valence-corrected chi connectivity index (χ4v) is 2.08. The van der Waals surface area contributed by atoms with Gasteiger partial charge >= 0.3 is 5.97 Å². The van der Waals surface area contributed by atoms with Gasteiger partial charge in [0, 0.05) is 13.6 Å². The van der Waals surface area contributed by atoms with E-state index < -0.39 is 0 Å².